The fourth-order valence-electron chi connectivity index (χ4n) is 20.0. The fourth-order valence-corrected chi connectivity index (χ4v) is 24.1. The molecule has 3 aliphatic heterocycles. The summed E-state index contributed by atoms with van der Waals surface area (Å²) in [5.74, 6) is 3.64. The number of ether oxygens (including phenoxy) is 3. The van der Waals surface area contributed by atoms with Gasteiger partial charge in [-0.25, -0.2) is 48.7 Å². The second-order valence-corrected chi connectivity index (χ2v) is 35.6. The second kappa shape index (κ2) is 34.7. The number of allylic oxidation sites excluding steroid dienone is 3. The number of hydrogen-bond donors (Lipinski definition) is 3. The van der Waals surface area contributed by atoms with E-state index in [1.165, 1.54) is 36.4 Å². The molecule has 18 atom stereocenters. The van der Waals surface area contributed by atoms with Crippen molar-refractivity contribution in [2.24, 2.45) is 76.9 Å². The highest BCUT2D eigenvalue weighted by atomic mass is 32.2. The maximum absolute atomic E-state index is 13.6. The monoisotopic (exact) mass is 1530 g/mol. The zero-order chi connectivity index (χ0) is 76.7. The highest BCUT2D eigenvalue weighted by molar-refractivity contribution is 7.91. The number of nitrogens with zero attached hydrogens (tertiary/aromatic N) is 5. The molecule has 6 aromatic rings. The Morgan fingerprint density at radius 2 is 0.835 bits per heavy atom. The fraction of sp³-hybridized carbons (Fsp3) is 0.494. The Morgan fingerprint density at radius 1 is 0.450 bits per heavy atom. The minimum Gasteiger partial charge on any atom is -0.450 e. The number of rotatable bonds is 15. The van der Waals surface area contributed by atoms with Crippen LogP contribution >= 0.6 is 0 Å². The number of fused-ring (bicyclic) bond motifs is 6. The lowest BCUT2D eigenvalue weighted by atomic mass is 9.58. The van der Waals surface area contributed by atoms with Gasteiger partial charge in [0.05, 0.1) is 54.2 Å². The van der Waals surface area contributed by atoms with E-state index in [4.69, 9.17) is 14.2 Å². The maximum atomic E-state index is 13.6. The molecule has 0 radical (unpaired) electrons. The number of pyridine rings is 3. The number of alkyl carbamates (subject to hydrolysis) is 3. The number of benzene rings is 3. The van der Waals surface area contributed by atoms with Crippen LogP contribution in [0.15, 0.2) is 146 Å². The topological polar surface area (TPSA) is 245 Å². The van der Waals surface area contributed by atoms with E-state index in [2.05, 4.69) is 55.2 Å². The number of amides is 4. The Morgan fingerprint density at radius 3 is 1.22 bits per heavy atom. The third kappa shape index (κ3) is 18.8. The maximum Gasteiger partial charge on any atom is 0.407 e. The number of halogens is 3. The lowest BCUT2D eigenvalue weighted by Gasteiger charge is -2.49. The van der Waals surface area contributed by atoms with Crippen molar-refractivity contribution in [2.75, 3.05) is 51.2 Å². The van der Waals surface area contributed by atoms with Gasteiger partial charge in [0.1, 0.15) is 17.5 Å². The van der Waals surface area contributed by atoms with Gasteiger partial charge >= 0.3 is 18.3 Å². The molecule has 9 fully saturated rings. The Hall–Kier alpha value is -8.74. The van der Waals surface area contributed by atoms with Crippen molar-refractivity contribution in [3.8, 4) is 33.4 Å². The third-order valence-corrected chi connectivity index (χ3v) is 28.8. The predicted molar refractivity (Wildman–Crippen MR) is 414 cm³/mol. The van der Waals surface area contributed by atoms with E-state index in [0.29, 0.717) is 67.7 Å². The molecule has 3 N–H and O–H groups in total. The first-order valence-electron chi connectivity index (χ1n) is 38.9. The van der Waals surface area contributed by atoms with Crippen LogP contribution in [-0.4, -0.2) is 147 Å². The Balaban J connectivity index is 0.000000144. The molecule has 109 heavy (non-hydrogen) atoms. The van der Waals surface area contributed by atoms with Gasteiger partial charge < -0.3 is 35.1 Å². The van der Waals surface area contributed by atoms with Crippen molar-refractivity contribution in [1.29, 1.82) is 0 Å². The quantitative estimate of drug-likeness (QED) is 0.0810. The van der Waals surface area contributed by atoms with E-state index in [1.54, 1.807) is 62.0 Å². The molecule has 6 aliphatic carbocycles. The van der Waals surface area contributed by atoms with Gasteiger partial charge in [-0.2, -0.15) is 0 Å². The summed E-state index contributed by atoms with van der Waals surface area (Å²) in [6, 6.07) is 31.4. The van der Waals surface area contributed by atoms with Crippen LogP contribution < -0.4 is 16.0 Å². The summed E-state index contributed by atoms with van der Waals surface area (Å²) < 4.78 is 108. The van der Waals surface area contributed by atoms with Crippen LogP contribution in [0.25, 0.3) is 51.6 Å². The first-order valence-corrected chi connectivity index (χ1v) is 42.3. The number of aromatic nitrogens is 3. The molecule has 6 saturated carbocycles. The molecule has 0 bridgehead atoms. The van der Waals surface area contributed by atoms with Crippen molar-refractivity contribution in [3.63, 3.8) is 0 Å². The van der Waals surface area contributed by atoms with Gasteiger partial charge in [-0.1, -0.05) is 72.8 Å². The highest BCUT2D eigenvalue weighted by Crippen LogP contribution is 2.55. The van der Waals surface area contributed by atoms with Crippen molar-refractivity contribution in [3.05, 3.63) is 181 Å². The van der Waals surface area contributed by atoms with Gasteiger partial charge in [0.2, 0.25) is 15.9 Å². The molecule has 0 unspecified atom stereocenters. The molecule has 6 heterocycles. The minimum absolute atomic E-state index is 0.0358. The molecule has 3 saturated heterocycles. The summed E-state index contributed by atoms with van der Waals surface area (Å²) in [6.45, 7) is 6.43. The predicted octanol–water partition coefficient (Wildman–Crippen LogP) is 15.1. The van der Waals surface area contributed by atoms with Gasteiger partial charge in [0.15, 0.2) is 9.84 Å². The normalized spacial score (nSPS) is 30.5. The number of sulfonamides is 1. The van der Waals surface area contributed by atoms with Crippen LogP contribution in [0.1, 0.15) is 121 Å². The average Bonchev–Trinajstić information content (AvgIpc) is 1.60. The number of likely N-dealkylation sites (tertiary alicyclic amines) is 1. The average molecular weight is 1530 g/mol. The molecule has 24 heteroatoms. The summed E-state index contributed by atoms with van der Waals surface area (Å²) in [5, 5.41) is 9.02. The van der Waals surface area contributed by atoms with E-state index < -0.39 is 19.9 Å². The number of hydrogen-bond acceptors (Lipinski definition) is 14. The zero-order valence-electron chi connectivity index (χ0n) is 62.6. The molecule has 3 aromatic heterocycles. The minimum atomic E-state index is -3.28. The summed E-state index contributed by atoms with van der Waals surface area (Å²) in [5.41, 5.74) is 7.34. The summed E-state index contributed by atoms with van der Waals surface area (Å²) in [7, 11) is -2.69. The van der Waals surface area contributed by atoms with E-state index in [9.17, 15) is 49.2 Å². The Labute approximate surface area is 638 Å². The largest absolute Gasteiger partial charge is 0.450 e. The SMILES string of the molecule is CCOC(=O)N[C@@H]1CC[C@@H]2[C@@H](C1)C[C@@H]1[C@@H](CC(=O)N1C)[C@H]2/C=C/c1ccc(-c2cccc(F)c2)cn1.CCOC(=O)N[C@@H]1CC[C@@H]2[C@@H](C1)C[C@@H]1[C@@H](CS(=O)(=O)N1C)[C@H]2/C=C/c1ccc(-c2cccc(F)c2)cn1.CCOC(=O)N[C@@H]1CC[C@@H]2[C@@H](C1)C[C@H]1CS(=O)(=O)C[C@H]1[C@H]2/C=C/c1ccc(-c2cccc(F)c2)cn1. The van der Waals surface area contributed by atoms with Crippen LogP contribution in [0.3, 0.4) is 0 Å². The molecule has 0 spiro atoms. The van der Waals surface area contributed by atoms with Crippen molar-refractivity contribution >= 4 is 62.3 Å². The summed E-state index contributed by atoms with van der Waals surface area (Å²) in [6.07, 6.45) is 28.3. The van der Waals surface area contributed by atoms with Gasteiger partial charge in [-0.05, 0) is 264 Å². The van der Waals surface area contributed by atoms with E-state index in [0.717, 1.165) is 128 Å². The smallest absolute Gasteiger partial charge is 0.407 e. The van der Waals surface area contributed by atoms with E-state index in [-0.39, 0.29) is 125 Å². The van der Waals surface area contributed by atoms with E-state index >= 15 is 0 Å². The van der Waals surface area contributed by atoms with Crippen LogP contribution in [0.5, 0.6) is 0 Å². The molecule has 15 rings (SSSR count). The van der Waals surface area contributed by atoms with Gasteiger partial charge in [0, 0.05) is 86.0 Å². The van der Waals surface area contributed by atoms with Crippen molar-refractivity contribution in [2.45, 2.75) is 134 Å². The lowest BCUT2D eigenvalue weighted by molar-refractivity contribution is -0.127. The number of carbonyl (C=O) groups is 4. The van der Waals surface area contributed by atoms with Gasteiger partial charge in [-0.15, -0.1) is 0 Å². The summed E-state index contributed by atoms with van der Waals surface area (Å²) in [4.78, 5) is 64.2. The van der Waals surface area contributed by atoms with Crippen LogP contribution in [0.4, 0.5) is 27.6 Å². The van der Waals surface area contributed by atoms with Gasteiger partial charge in [0.25, 0.3) is 0 Å². The van der Waals surface area contributed by atoms with Crippen LogP contribution in [-0.2, 0) is 38.9 Å². The van der Waals surface area contributed by atoms with E-state index in [1.807, 2.05) is 85.6 Å². The molecule has 4 amide bonds. The first kappa shape index (κ1) is 78.4. The second-order valence-electron chi connectivity index (χ2n) is 31.3. The lowest BCUT2D eigenvalue weighted by Crippen LogP contribution is -2.50. The highest BCUT2D eigenvalue weighted by Gasteiger charge is 2.56. The Kier molecular flexibility index (Phi) is 24.9. The van der Waals surface area contributed by atoms with Crippen LogP contribution in [0.2, 0.25) is 0 Å². The number of sulfone groups is 1. The van der Waals surface area contributed by atoms with Crippen LogP contribution in [0, 0.1) is 94.4 Å². The number of carbonyl (C=O) groups excluding carboxylic acids is 4. The molecule has 580 valence electrons. The van der Waals surface area contributed by atoms with Crippen molar-refractivity contribution in [1.82, 2.24) is 40.1 Å². The third-order valence-electron chi connectivity index (χ3n) is 25.0. The zero-order valence-corrected chi connectivity index (χ0v) is 64.2. The molecule has 3 aromatic carbocycles. The molecule has 9 aliphatic rings. The number of nitrogens with one attached hydrogen (secondary N) is 3. The first-order chi connectivity index (χ1) is 52.5. The summed E-state index contributed by atoms with van der Waals surface area (Å²) >= 11 is 0. The molecular formula is C85H101F3N8O11S2. The standard InChI is InChI=1S/C29H34FN3O3.C28H34FN3O4S.C28H33FN2O4S/c1-3-36-29(35)32-23-10-11-24-20(14-23)15-27-26(16-28(34)33(27)2)25(24)12-9-22-8-7-19(17-31-22)18-5-4-6-21(30)13-18;1-3-36-28(33)31-23-10-11-24-20(14-23)15-27-26(17-37(34,35)32(27)2)25(24)12-9-22-8-7-19(16-30-22)18-5-4-6-21(29)13-18;1-2-35-28(32)31-24-9-10-25-20(14-24)12-21-16-36(33,34)17-27(21)26(25)11-8-23-7-6-19(15-30-23)18-4-3-5-22(29)13-18/h4-9,12-13,17,20,23-27H,3,10-11,14-16H2,1-2H3,(H,32,35);4-9,12-13,16,20,23-27H,3,10-11,14-15,17H2,1-2H3,(H,31,33);3-8,11,13,15,20-21,24-27H,2,9-10,12,14,16-17H2,1H3,(H,31,32)/b2*12-9+;11-8+/t2*20-,23+,24+,25-,26-,27+;20-,21+,24-,25-,26+,27-/m001/s1. The molecular weight excluding hydrogens is 1430 g/mol. The Bertz CT molecular complexity index is 4530. The van der Waals surface area contributed by atoms with Gasteiger partial charge in [-0.3, -0.25) is 19.7 Å². The molecule has 19 nitrogen and oxygen atoms in total. The van der Waals surface area contributed by atoms with Crippen molar-refractivity contribution < 1.29 is 63.4 Å².